The van der Waals surface area contributed by atoms with Gasteiger partial charge in [0.15, 0.2) is 0 Å². The van der Waals surface area contributed by atoms with Gasteiger partial charge in [0.2, 0.25) is 0 Å². The summed E-state index contributed by atoms with van der Waals surface area (Å²) in [5.74, 6) is 0. The molecule has 5 heteroatoms. The van der Waals surface area contributed by atoms with Crippen molar-refractivity contribution in [3.8, 4) is 0 Å². The number of aromatic nitrogens is 2. The summed E-state index contributed by atoms with van der Waals surface area (Å²) in [7, 11) is -3.66. The molecule has 0 radical (unpaired) electrons. The van der Waals surface area contributed by atoms with Crippen LogP contribution < -0.4 is 0 Å². The molecule has 2 aromatic heterocycles. The summed E-state index contributed by atoms with van der Waals surface area (Å²) in [4.78, 5) is 3.56. The van der Waals surface area contributed by atoms with Crippen LogP contribution in [-0.4, -0.2) is 17.4 Å². The molecule has 4 rings (SSSR count). The maximum Gasteiger partial charge on any atom is 0.268 e. The Morgan fingerprint density at radius 1 is 0.870 bits per heavy atom. The second-order valence-corrected chi connectivity index (χ2v) is 7.48. The number of nitrogens with zero attached hydrogens (tertiary/aromatic N) is 1. The first-order valence-corrected chi connectivity index (χ1v) is 8.85. The van der Waals surface area contributed by atoms with Gasteiger partial charge in [-0.05, 0) is 32.0 Å². The number of aryl methyl sites for hydroxylation is 2. The van der Waals surface area contributed by atoms with E-state index in [9.17, 15) is 8.42 Å². The van der Waals surface area contributed by atoms with Crippen LogP contribution in [0.3, 0.4) is 0 Å². The molecule has 0 amide bonds. The van der Waals surface area contributed by atoms with Crippen LogP contribution in [0.1, 0.15) is 11.4 Å². The van der Waals surface area contributed by atoms with E-state index in [0.29, 0.717) is 10.4 Å². The molecule has 116 valence electrons. The number of hydrogen-bond donors (Lipinski definition) is 1. The molecule has 0 saturated carbocycles. The third kappa shape index (κ3) is 1.86. The van der Waals surface area contributed by atoms with Gasteiger partial charge in [0, 0.05) is 22.2 Å². The van der Waals surface area contributed by atoms with Crippen molar-refractivity contribution in [2.45, 2.75) is 18.7 Å². The van der Waals surface area contributed by atoms with Gasteiger partial charge in [-0.1, -0.05) is 36.4 Å². The molecule has 0 atom stereocenters. The Morgan fingerprint density at radius 3 is 2.26 bits per heavy atom. The number of rotatable bonds is 2. The van der Waals surface area contributed by atoms with E-state index in [4.69, 9.17) is 0 Å². The van der Waals surface area contributed by atoms with Crippen molar-refractivity contribution in [3.05, 3.63) is 66.0 Å². The van der Waals surface area contributed by atoms with Gasteiger partial charge < -0.3 is 4.98 Å². The number of benzene rings is 2. The molecule has 1 N–H and O–H groups in total. The summed E-state index contributed by atoms with van der Waals surface area (Å²) >= 11 is 0. The van der Waals surface area contributed by atoms with Gasteiger partial charge in [-0.15, -0.1) is 0 Å². The molecule has 0 saturated heterocycles. The Bertz CT molecular complexity index is 1140. The molecule has 0 aliphatic rings. The lowest BCUT2D eigenvalue weighted by atomic mass is 10.2. The average molecular weight is 324 g/mol. The summed E-state index contributed by atoms with van der Waals surface area (Å²) in [6, 6.07) is 16.2. The molecular weight excluding hydrogens is 308 g/mol. The highest BCUT2D eigenvalue weighted by Gasteiger charge is 2.25. The first-order chi connectivity index (χ1) is 11.0. The lowest BCUT2D eigenvalue weighted by Crippen LogP contribution is -2.12. The number of hydrogen-bond acceptors (Lipinski definition) is 2. The maximum atomic E-state index is 13.2. The molecular formula is C18H16N2O2S. The SMILES string of the molecule is Cc1[nH]c(C)c2c1c1ccccc1n2S(=O)(=O)c1ccccc1. The molecule has 0 aliphatic carbocycles. The Morgan fingerprint density at radius 2 is 1.52 bits per heavy atom. The largest absolute Gasteiger partial charge is 0.360 e. The van der Waals surface area contributed by atoms with E-state index >= 15 is 0 Å². The van der Waals surface area contributed by atoms with Crippen LogP contribution >= 0.6 is 0 Å². The van der Waals surface area contributed by atoms with Crippen LogP contribution in [0.5, 0.6) is 0 Å². The van der Waals surface area contributed by atoms with E-state index < -0.39 is 10.0 Å². The Balaban J connectivity index is 2.22. The standard InChI is InChI=1S/C18H16N2O2S/c1-12-17-15-10-6-7-11-16(15)20(18(17)13(2)19-12)23(21,22)14-8-4-3-5-9-14/h3-11,19H,1-2H3. The van der Waals surface area contributed by atoms with Crippen LogP contribution in [0.25, 0.3) is 21.8 Å². The van der Waals surface area contributed by atoms with E-state index in [1.54, 1.807) is 24.3 Å². The summed E-state index contributed by atoms with van der Waals surface area (Å²) in [5, 5.41) is 1.92. The van der Waals surface area contributed by atoms with Gasteiger partial charge >= 0.3 is 0 Å². The monoisotopic (exact) mass is 324 g/mol. The number of fused-ring (bicyclic) bond motifs is 3. The minimum atomic E-state index is -3.66. The normalized spacial score (nSPS) is 12.3. The molecule has 0 bridgehead atoms. The Hall–Kier alpha value is -2.53. The van der Waals surface area contributed by atoms with Crippen molar-refractivity contribution < 1.29 is 8.42 Å². The predicted molar refractivity (Wildman–Crippen MR) is 92.3 cm³/mol. The fraction of sp³-hybridized carbons (Fsp3) is 0.111. The van der Waals surface area contributed by atoms with Crippen molar-refractivity contribution >= 4 is 31.8 Å². The first-order valence-electron chi connectivity index (χ1n) is 7.41. The Kier molecular flexibility index (Phi) is 2.90. The van der Waals surface area contributed by atoms with E-state index in [2.05, 4.69) is 4.98 Å². The fourth-order valence-corrected chi connectivity index (χ4v) is 4.88. The molecule has 2 aromatic carbocycles. The summed E-state index contributed by atoms with van der Waals surface area (Å²) in [6.07, 6.45) is 0. The van der Waals surface area contributed by atoms with Crippen molar-refractivity contribution in [1.29, 1.82) is 0 Å². The van der Waals surface area contributed by atoms with Crippen molar-refractivity contribution in [3.63, 3.8) is 0 Å². The summed E-state index contributed by atoms with van der Waals surface area (Å²) < 4.78 is 27.9. The minimum Gasteiger partial charge on any atom is -0.360 e. The van der Waals surface area contributed by atoms with E-state index in [0.717, 1.165) is 27.7 Å². The fourth-order valence-electron chi connectivity index (χ4n) is 3.28. The second kappa shape index (κ2) is 4.73. The van der Waals surface area contributed by atoms with Crippen LogP contribution in [0, 0.1) is 13.8 Å². The Labute approximate surface area is 134 Å². The third-order valence-corrected chi connectivity index (χ3v) is 5.95. The van der Waals surface area contributed by atoms with Gasteiger partial charge in [-0.2, -0.15) is 0 Å². The highest BCUT2D eigenvalue weighted by molar-refractivity contribution is 7.90. The van der Waals surface area contributed by atoms with Crippen molar-refractivity contribution in [2.24, 2.45) is 0 Å². The second-order valence-electron chi connectivity index (χ2n) is 5.70. The first kappa shape index (κ1) is 14.1. The smallest absolute Gasteiger partial charge is 0.268 e. The zero-order valence-electron chi connectivity index (χ0n) is 12.9. The highest BCUT2D eigenvalue weighted by Crippen LogP contribution is 2.36. The van der Waals surface area contributed by atoms with Gasteiger partial charge in [0.25, 0.3) is 10.0 Å². The zero-order chi connectivity index (χ0) is 16.2. The molecule has 0 unspecified atom stereocenters. The van der Waals surface area contributed by atoms with Crippen LogP contribution in [-0.2, 0) is 10.0 Å². The van der Waals surface area contributed by atoms with E-state index in [1.807, 2.05) is 44.2 Å². The molecule has 23 heavy (non-hydrogen) atoms. The molecule has 2 heterocycles. The van der Waals surface area contributed by atoms with Crippen LogP contribution in [0.4, 0.5) is 0 Å². The maximum absolute atomic E-state index is 13.2. The quantitative estimate of drug-likeness (QED) is 0.606. The van der Waals surface area contributed by atoms with Gasteiger partial charge in [0.1, 0.15) is 0 Å². The third-order valence-electron chi connectivity index (χ3n) is 4.22. The molecule has 0 aliphatic heterocycles. The molecule has 0 fully saturated rings. The molecule has 0 spiro atoms. The lowest BCUT2D eigenvalue weighted by molar-refractivity contribution is 0.590. The molecule has 4 aromatic rings. The lowest BCUT2D eigenvalue weighted by Gasteiger charge is -2.09. The minimum absolute atomic E-state index is 0.293. The number of para-hydroxylation sites is 1. The average Bonchev–Trinajstić information content (AvgIpc) is 3.04. The van der Waals surface area contributed by atoms with Gasteiger partial charge in [0.05, 0.1) is 15.9 Å². The highest BCUT2D eigenvalue weighted by atomic mass is 32.2. The van der Waals surface area contributed by atoms with E-state index in [-0.39, 0.29) is 0 Å². The number of aromatic amines is 1. The van der Waals surface area contributed by atoms with Crippen molar-refractivity contribution in [1.82, 2.24) is 8.96 Å². The summed E-state index contributed by atoms with van der Waals surface area (Å²) in [6.45, 7) is 3.88. The summed E-state index contributed by atoms with van der Waals surface area (Å²) in [5.41, 5.74) is 3.28. The number of nitrogens with one attached hydrogen (secondary N) is 1. The molecule has 4 nitrogen and oxygen atoms in total. The van der Waals surface area contributed by atoms with Crippen LogP contribution in [0.15, 0.2) is 59.5 Å². The topological polar surface area (TPSA) is 54.9 Å². The van der Waals surface area contributed by atoms with E-state index in [1.165, 1.54) is 3.97 Å². The predicted octanol–water partition coefficient (Wildman–Crippen LogP) is 3.98. The zero-order valence-corrected chi connectivity index (χ0v) is 13.7. The van der Waals surface area contributed by atoms with Crippen LogP contribution in [0.2, 0.25) is 0 Å². The van der Waals surface area contributed by atoms with Gasteiger partial charge in [-0.3, -0.25) is 0 Å². The van der Waals surface area contributed by atoms with Gasteiger partial charge in [-0.25, -0.2) is 12.4 Å². The number of H-pyrrole nitrogens is 1. The van der Waals surface area contributed by atoms with Crippen molar-refractivity contribution in [2.75, 3.05) is 0 Å².